The van der Waals surface area contributed by atoms with E-state index in [9.17, 15) is 0 Å². The van der Waals surface area contributed by atoms with E-state index < -0.39 is 0 Å². The molecule has 0 aliphatic rings. The number of hydrogen-bond acceptors (Lipinski definition) is 5. The summed E-state index contributed by atoms with van der Waals surface area (Å²) in [4.78, 5) is 11.5. The quantitative estimate of drug-likeness (QED) is 0.362. The third kappa shape index (κ3) is 4.35. The molecule has 0 amide bonds. The van der Waals surface area contributed by atoms with Crippen LogP contribution in [0.1, 0.15) is 30.7 Å². The zero-order valence-corrected chi connectivity index (χ0v) is 19.6. The van der Waals surface area contributed by atoms with Gasteiger partial charge in [0.2, 0.25) is 0 Å². The smallest absolute Gasteiger partial charge is 0.187 e. The third-order valence-corrected chi connectivity index (χ3v) is 6.42. The van der Waals surface area contributed by atoms with E-state index in [0.29, 0.717) is 0 Å². The van der Waals surface area contributed by atoms with Gasteiger partial charge in [0, 0.05) is 47.3 Å². The predicted octanol–water partition coefficient (Wildman–Crippen LogP) is 6.51. The van der Waals surface area contributed by atoms with Crippen LogP contribution in [0.3, 0.4) is 0 Å². The minimum absolute atomic E-state index is 0.909. The number of aromatic nitrogens is 3. The van der Waals surface area contributed by atoms with Crippen LogP contribution in [-0.4, -0.2) is 27.6 Å². The van der Waals surface area contributed by atoms with E-state index in [2.05, 4.69) is 84.7 Å². The van der Waals surface area contributed by atoms with Gasteiger partial charge in [-0.2, -0.15) is 0 Å². The van der Waals surface area contributed by atoms with Gasteiger partial charge in [-0.3, -0.25) is 0 Å². The van der Waals surface area contributed by atoms with E-state index in [1.807, 2.05) is 24.0 Å². The van der Waals surface area contributed by atoms with Crippen molar-refractivity contribution >= 4 is 27.8 Å². The lowest BCUT2D eigenvalue weighted by Crippen LogP contribution is -2.23. The van der Waals surface area contributed by atoms with E-state index >= 15 is 0 Å². The van der Waals surface area contributed by atoms with Gasteiger partial charge < -0.3 is 14.8 Å². The Kier molecular flexibility index (Phi) is 6.09. The maximum Gasteiger partial charge on any atom is 0.187 e. The summed E-state index contributed by atoms with van der Waals surface area (Å²) < 4.78 is 2.03. The zero-order chi connectivity index (χ0) is 22.0. The molecule has 0 unspecified atom stereocenters. The number of rotatable bonds is 7. The van der Waals surface area contributed by atoms with Gasteiger partial charge in [0.05, 0.1) is 17.7 Å². The highest BCUT2D eigenvalue weighted by atomic mass is 32.1. The molecule has 0 aliphatic heterocycles. The number of imidazole rings is 1. The number of nitrogens with zero attached hydrogens (tertiary/aromatic N) is 4. The molecule has 0 fully saturated rings. The SMILES string of the molecule is CCN(CC)c1ccc(C)c(Nc2nc(-c3ccc(-n4cnc(C)c4)cc3)cs2)c1C. The van der Waals surface area contributed by atoms with Gasteiger partial charge in [-0.15, -0.1) is 11.3 Å². The average Bonchev–Trinajstić information content (AvgIpc) is 3.43. The molecule has 6 heteroatoms. The van der Waals surface area contributed by atoms with Gasteiger partial charge in [0.15, 0.2) is 5.13 Å². The van der Waals surface area contributed by atoms with Crippen LogP contribution in [0.5, 0.6) is 0 Å². The van der Waals surface area contributed by atoms with Crippen molar-refractivity contribution < 1.29 is 0 Å². The largest absolute Gasteiger partial charge is 0.372 e. The highest BCUT2D eigenvalue weighted by Crippen LogP contribution is 2.34. The Morgan fingerprint density at radius 3 is 2.39 bits per heavy atom. The monoisotopic (exact) mass is 431 g/mol. The Morgan fingerprint density at radius 1 is 1.00 bits per heavy atom. The number of thiazole rings is 1. The fourth-order valence-corrected chi connectivity index (χ4v) is 4.60. The van der Waals surface area contributed by atoms with Crippen molar-refractivity contribution in [1.82, 2.24) is 14.5 Å². The number of nitrogens with one attached hydrogen (secondary N) is 1. The first-order valence-electron chi connectivity index (χ1n) is 10.7. The molecular formula is C25H29N5S. The minimum Gasteiger partial charge on any atom is -0.372 e. The van der Waals surface area contributed by atoms with Crippen LogP contribution in [0.2, 0.25) is 0 Å². The second-order valence-electron chi connectivity index (χ2n) is 7.71. The van der Waals surface area contributed by atoms with Crippen molar-refractivity contribution in [2.24, 2.45) is 0 Å². The molecule has 0 saturated heterocycles. The first-order valence-corrected chi connectivity index (χ1v) is 11.6. The molecule has 0 aliphatic carbocycles. The normalized spacial score (nSPS) is 11.0. The van der Waals surface area contributed by atoms with Crippen molar-refractivity contribution in [3.05, 3.63) is 71.1 Å². The van der Waals surface area contributed by atoms with Gasteiger partial charge >= 0.3 is 0 Å². The molecule has 2 aromatic carbocycles. The van der Waals surface area contributed by atoms with Gasteiger partial charge in [0.1, 0.15) is 0 Å². The fraction of sp³-hybridized carbons (Fsp3) is 0.280. The Labute approximate surface area is 188 Å². The van der Waals surface area contributed by atoms with Crippen LogP contribution in [0.15, 0.2) is 54.3 Å². The molecule has 160 valence electrons. The summed E-state index contributed by atoms with van der Waals surface area (Å²) in [5.74, 6) is 0. The van der Waals surface area contributed by atoms with Crippen LogP contribution in [0.25, 0.3) is 16.9 Å². The lowest BCUT2D eigenvalue weighted by Gasteiger charge is -2.25. The van der Waals surface area contributed by atoms with E-state index in [0.717, 1.165) is 46.5 Å². The average molecular weight is 432 g/mol. The summed E-state index contributed by atoms with van der Waals surface area (Å²) >= 11 is 1.64. The molecule has 0 saturated carbocycles. The fourth-order valence-electron chi connectivity index (χ4n) is 3.87. The van der Waals surface area contributed by atoms with Crippen LogP contribution in [0.4, 0.5) is 16.5 Å². The van der Waals surface area contributed by atoms with Crippen molar-refractivity contribution in [3.63, 3.8) is 0 Å². The highest BCUT2D eigenvalue weighted by molar-refractivity contribution is 7.14. The molecule has 31 heavy (non-hydrogen) atoms. The van der Waals surface area contributed by atoms with Crippen molar-refractivity contribution in [3.8, 4) is 16.9 Å². The number of anilines is 3. The van der Waals surface area contributed by atoms with Gasteiger partial charge in [-0.25, -0.2) is 9.97 Å². The molecule has 0 bridgehead atoms. The van der Waals surface area contributed by atoms with E-state index in [-0.39, 0.29) is 0 Å². The molecular weight excluding hydrogens is 402 g/mol. The van der Waals surface area contributed by atoms with Crippen molar-refractivity contribution in [1.29, 1.82) is 0 Å². The molecule has 2 aromatic heterocycles. The summed E-state index contributed by atoms with van der Waals surface area (Å²) in [6.45, 7) is 12.7. The molecule has 0 atom stereocenters. The van der Waals surface area contributed by atoms with Crippen LogP contribution < -0.4 is 10.2 Å². The topological polar surface area (TPSA) is 46.0 Å². The zero-order valence-electron chi connectivity index (χ0n) is 18.8. The summed E-state index contributed by atoms with van der Waals surface area (Å²) in [5, 5.41) is 6.60. The molecule has 0 spiro atoms. The Bertz CT molecular complexity index is 1170. The molecule has 4 aromatic rings. The van der Waals surface area contributed by atoms with Crippen LogP contribution >= 0.6 is 11.3 Å². The van der Waals surface area contributed by atoms with Gasteiger partial charge in [-0.1, -0.05) is 18.2 Å². The summed E-state index contributed by atoms with van der Waals surface area (Å²) in [6, 6.07) is 12.8. The number of aryl methyl sites for hydroxylation is 2. The van der Waals surface area contributed by atoms with Crippen LogP contribution in [-0.2, 0) is 0 Å². The Balaban J connectivity index is 1.57. The second-order valence-corrected chi connectivity index (χ2v) is 8.56. The van der Waals surface area contributed by atoms with E-state index in [1.165, 1.54) is 16.8 Å². The highest BCUT2D eigenvalue weighted by Gasteiger charge is 2.13. The first kappa shape index (κ1) is 21.1. The predicted molar refractivity (Wildman–Crippen MR) is 132 cm³/mol. The van der Waals surface area contributed by atoms with Crippen molar-refractivity contribution in [2.45, 2.75) is 34.6 Å². The van der Waals surface area contributed by atoms with Gasteiger partial charge in [-0.05, 0) is 63.9 Å². The molecule has 1 N–H and O–H groups in total. The Hall–Kier alpha value is -3.12. The maximum absolute atomic E-state index is 4.85. The summed E-state index contributed by atoms with van der Waals surface area (Å²) in [5.41, 5.74) is 9.11. The van der Waals surface area contributed by atoms with Crippen LogP contribution in [0, 0.1) is 20.8 Å². The van der Waals surface area contributed by atoms with Crippen molar-refractivity contribution in [2.75, 3.05) is 23.3 Å². The summed E-state index contributed by atoms with van der Waals surface area (Å²) in [6.07, 6.45) is 3.86. The molecule has 4 rings (SSSR count). The second kappa shape index (κ2) is 8.94. The lowest BCUT2D eigenvalue weighted by molar-refractivity contribution is 0.862. The minimum atomic E-state index is 0.909. The first-order chi connectivity index (χ1) is 15.0. The third-order valence-electron chi connectivity index (χ3n) is 5.66. The lowest BCUT2D eigenvalue weighted by atomic mass is 10.1. The Morgan fingerprint density at radius 2 is 1.74 bits per heavy atom. The van der Waals surface area contributed by atoms with E-state index in [1.54, 1.807) is 11.3 Å². The molecule has 5 nitrogen and oxygen atoms in total. The molecule has 2 heterocycles. The number of benzene rings is 2. The molecule has 0 radical (unpaired) electrons. The van der Waals surface area contributed by atoms with E-state index in [4.69, 9.17) is 4.98 Å². The van der Waals surface area contributed by atoms with Gasteiger partial charge in [0.25, 0.3) is 0 Å². The summed E-state index contributed by atoms with van der Waals surface area (Å²) in [7, 11) is 0. The standard InChI is InChI=1S/C25H29N5S/c1-6-29(7-2)23-13-8-17(3)24(19(23)5)28-25-27-22(15-31-25)20-9-11-21(12-10-20)30-14-18(4)26-16-30/h8-16H,6-7H2,1-5H3,(H,27,28). The maximum atomic E-state index is 4.85. The number of hydrogen-bond donors (Lipinski definition) is 1.